The van der Waals surface area contributed by atoms with Gasteiger partial charge in [0.2, 0.25) is 0 Å². The minimum atomic E-state index is 0.265. The van der Waals surface area contributed by atoms with Gasteiger partial charge in [-0.2, -0.15) is 0 Å². The van der Waals surface area contributed by atoms with Crippen molar-refractivity contribution in [2.75, 3.05) is 7.11 Å². The van der Waals surface area contributed by atoms with Gasteiger partial charge in [0.25, 0.3) is 0 Å². The van der Waals surface area contributed by atoms with Crippen molar-refractivity contribution in [3.05, 3.63) is 34.3 Å². The van der Waals surface area contributed by atoms with Gasteiger partial charge in [-0.05, 0) is 24.3 Å². The predicted octanol–water partition coefficient (Wildman–Crippen LogP) is 3.77. The van der Waals surface area contributed by atoms with E-state index < -0.39 is 0 Å². The number of ether oxygens (including phenoxy) is 1. The van der Waals surface area contributed by atoms with Crippen molar-refractivity contribution in [3.8, 4) is 5.75 Å². The summed E-state index contributed by atoms with van der Waals surface area (Å²) < 4.78 is 5.82. The first-order chi connectivity index (χ1) is 8.22. The zero-order valence-electron chi connectivity index (χ0n) is 8.84. The number of carbonyl (C=O) groups is 1. The Morgan fingerprint density at radius 2 is 2.12 bits per heavy atom. The topological polar surface area (TPSA) is 39.2 Å². The summed E-state index contributed by atoms with van der Waals surface area (Å²) in [5.41, 5.74) is 0. The lowest BCUT2D eigenvalue weighted by Crippen LogP contribution is -1.81. The molecule has 1 heterocycles. The lowest BCUT2D eigenvalue weighted by molar-refractivity contribution is 0.112. The smallest absolute Gasteiger partial charge is 0.163 e. The molecule has 0 aliphatic heterocycles. The molecule has 0 aliphatic rings. The molecule has 0 saturated carbocycles. The van der Waals surface area contributed by atoms with E-state index >= 15 is 0 Å². The molecule has 0 spiro atoms. The highest BCUT2D eigenvalue weighted by molar-refractivity contribution is 8.01. The van der Waals surface area contributed by atoms with Gasteiger partial charge in [-0.25, -0.2) is 4.98 Å². The SMILES string of the molecule is COc1ccc(Sc2nc(Cl)c(C=O)s2)cc1. The highest BCUT2D eigenvalue weighted by Gasteiger charge is 2.09. The predicted molar refractivity (Wildman–Crippen MR) is 69.6 cm³/mol. The van der Waals surface area contributed by atoms with Gasteiger partial charge in [0, 0.05) is 4.90 Å². The number of methoxy groups -OCH3 is 1. The van der Waals surface area contributed by atoms with Crippen molar-refractivity contribution in [2.45, 2.75) is 9.24 Å². The number of halogens is 1. The number of rotatable bonds is 4. The standard InChI is InChI=1S/C11H8ClNO2S2/c1-15-7-2-4-8(5-3-7)16-11-13-10(12)9(6-14)17-11/h2-6H,1H3. The number of hydrogen-bond acceptors (Lipinski definition) is 5. The molecule has 2 aromatic rings. The molecule has 1 aromatic carbocycles. The number of aldehydes is 1. The normalized spacial score (nSPS) is 10.2. The van der Waals surface area contributed by atoms with Gasteiger partial charge in [-0.15, -0.1) is 11.3 Å². The minimum absolute atomic E-state index is 0.265. The van der Waals surface area contributed by atoms with Gasteiger partial charge in [0.05, 0.1) is 7.11 Å². The maximum absolute atomic E-state index is 10.6. The minimum Gasteiger partial charge on any atom is -0.497 e. The molecule has 6 heteroatoms. The molecule has 0 saturated heterocycles. The summed E-state index contributed by atoms with van der Waals surface area (Å²) in [4.78, 5) is 16.2. The average Bonchev–Trinajstić information content (AvgIpc) is 2.70. The average molecular weight is 286 g/mol. The van der Waals surface area contributed by atoms with Gasteiger partial charge < -0.3 is 4.74 Å². The van der Waals surface area contributed by atoms with E-state index in [9.17, 15) is 4.79 Å². The summed E-state index contributed by atoms with van der Waals surface area (Å²) in [6.07, 6.45) is 0.720. The van der Waals surface area contributed by atoms with Crippen LogP contribution in [0.25, 0.3) is 0 Å². The van der Waals surface area contributed by atoms with Crippen LogP contribution < -0.4 is 4.74 Å². The monoisotopic (exact) mass is 285 g/mol. The van der Waals surface area contributed by atoms with E-state index in [1.165, 1.54) is 23.1 Å². The van der Waals surface area contributed by atoms with Gasteiger partial charge in [0.15, 0.2) is 15.8 Å². The van der Waals surface area contributed by atoms with Crippen molar-refractivity contribution >= 4 is 41.0 Å². The van der Waals surface area contributed by atoms with Gasteiger partial charge >= 0.3 is 0 Å². The number of hydrogen-bond donors (Lipinski definition) is 0. The lowest BCUT2D eigenvalue weighted by Gasteiger charge is -2.00. The molecule has 1 aromatic heterocycles. The quantitative estimate of drug-likeness (QED) is 0.802. The molecule has 17 heavy (non-hydrogen) atoms. The van der Waals surface area contributed by atoms with E-state index in [4.69, 9.17) is 16.3 Å². The number of aromatic nitrogens is 1. The van der Waals surface area contributed by atoms with Crippen LogP contribution in [0.1, 0.15) is 9.67 Å². The van der Waals surface area contributed by atoms with E-state index in [1.807, 2.05) is 24.3 Å². The molecular weight excluding hydrogens is 278 g/mol. The first kappa shape index (κ1) is 12.4. The molecular formula is C11H8ClNO2S2. The zero-order valence-corrected chi connectivity index (χ0v) is 11.2. The van der Waals surface area contributed by atoms with Crippen LogP contribution in [0.4, 0.5) is 0 Å². The van der Waals surface area contributed by atoms with E-state index in [-0.39, 0.29) is 5.15 Å². The Morgan fingerprint density at radius 1 is 1.41 bits per heavy atom. The molecule has 0 bridgehead atoms. The second-order valence-electron chi connectivity index (χ2n) is 3.03. The molecule has 0 unspecified atom stereocenters. The first-order valence-electron chi connectivity index (χ1n) is 4.66. The van der Waals surface area contributed by atoms with E-state index in [2.05, 4.69) is 4.98 Å². The molecule has 0 amide bonds. The van der Waals surface area contributed by atoms with Crippen LogP contribution in [0.15, 0.2) is 33.5 Å². The fourth-order valence-electron chi connectivity index (χ4n) is 1.16. The van der Waals surface area contributed by atoms with Gasteiger partial charge in [0.1, 0.15) is 10.6 Å². The van der Waals surface area contributed by atoms with Gasteiger partial charge in [-0.3, -0.25) is 4.79 Å². The molecule has 3 nitrogen and oxygen atoms in total. The molecule has 88 valence electrons. The van der Waals surface area contributed by atoms with Crippen molar-refractivity contribution in [1.82, 2.24) is 4.98 Å². The van der Waals surface area contributed by atoms with Crippen LogP contribution in [0.3, 0.4) is 0 Å². The first-order valence-corrected chi connectivity index (χ1v) is 6.67. The van der Waals surface area contributed by atoms with Crippen LogP contribution in [0.2, 0.25) is 5.15 Å². The Labute approximate surface area is 112 Å². The van der Waals surface area contributed by atoms with E-state index in [0.717, 1.165) is 21.3 Å². The fraction of sp³-hybridized carbons (Fsp3) is 0.0909. The van der Waals surface area contributed by atoms with Crippen molar-refractivity contribution in [2.24, 2.45) is 0 Å². The van der Waals surface area contributed by atoms with Crippen molar-refractivity contribution in [1.29, 1.82) is 0 Å². The number of thiazole rings is 1. The summed E-state index contributed by atoms with van der Waals surface area (Å²) in [7, 11) is 1.62. The third-order valence-electron chi connectivity index (χ3n) is 1.96. The Hall–Kier alpha value is -1.04. The van der Waals surface area contributed by atoms with Crippen LogP contribution in [0, 0.1) is 0 Å². The molecule has 0 atom stereocenters. The molecule has 0 N–H and O–H groups in total. The summed E-state index contributed by atoms with van der Waals surface area (Å²) >= 11 is 8.54. The number of carbonyl (C=O) groups excluding carboxylic acids is 1. The largest absolute Gasteiger partial charge is 0.497 e. The second kappa shape index (κ2) is 5.53. The Bertz CT molecular complexity index is 525. The van der Waals surface area contributed by atoms with E-state index in [1.54, 1.807) is 7.11 Å². The van der Waals surface area contributed by atoms with Crippen molar-refractivity contribution < 1.29 is 9.53 Å². The third-order valence-corrected chi connectivity index (χ3v) is 4.41. The van der Waals surface area contributed by atoms with Gasteiger partial charge in [-0.1, -0.05) is 23.4 Å². The highest BCUT2D eigenvalue weighted by Crippen LogP contribution is 2.34. The maximum Gasteiger partial charge on any atom is 0.163 e. The lowest BCUT2D eigenvalue weighted by atomic mass is 10.3. The van der Waals surface area contributed by atoms with Crippen LogP contribution in [-0.4, -0.2) is 18.4 Å². The van der Waals surface area contributed by atoms with Crippen LogP contribution >= 0.6 is 34.7 Å². The summed E-state index contributed by atoms with van der Waals surface area (Å²) in [5.74, 6) is 0.806. The Balaban J connectivity index is 2.16. The van der Waals surface area contributed by atoms with Crippen LogP contribution in [0.5, 0.6) is 5.75 Å². The molecule has 0 aliphatic carbocycles. The summed E-state index contributed by atoms with van der Waals surface area (Å²) in [6.45, 7) is 0. The third kappa shape index (κ3) is 3.00. The fourth-order valence-corrected chi connectivity index (χ4v) is 3.34. The Kier molecular flexibility index (Phi) is 4.04. The maximum atomic E-state index is 10.6. The van der Waals surface area contributed by atoms with Crippen LogP contribution in [-0.2, 0) is 0 Å². The van der Waals surface area contributed by atoms with Crippen molar-refractivity contribution in [3.63, 3.8) is 0 Å². The second-order valence-corrected chi connectivity index (χ2v) is 5.74. The Morgan fingerprint density at radius 3 is 2.65 bits per heavy atom. The van der Waals surface area contributed by atoms with E-state index in [0.29, 0.717) is 4.88 Å². The molecule has 2 rings (SSSR count). The molecule has 0 fully saturated rings. The summed E-state index contributed by atoms with van der Waals surface area (Å²) in [6, 6.07) is 7.61. The summed E-state index contributed by atoms with van der Waals surface area (Å²) in [5, 5.41) is 0.265. The number of nitrogens with zero attached hydrogens (tertiary/aromatic N) is 1. The highest BCUT2D eigenvalue weighted by atomic mass is 35.5. The zero-order chi connectivity index (χ0) is 12.3. The number of benzene rings is 1. The molecule has 0 radical (unpaired) electrons.